The molecule has 0 bridgehead atoms. The summed E-state index contributed by atoms with van der Waals surface area (Å²) < 4.78 is 10.6. The van der Waals surface area contributed by atoms with E-state index in [9.17, 15) is 4.79 Å². The molecule has 29 heavy (non-hydrogen) atoms. The summed E-state index contributed by atoms with van der Waals surface area (Å²) >= 11 is 0. The Bertz CT molecular complexity index is 971. The van der Waals surface area contributed by atoms with Crippen LogP contribution in [0.2, 0.25) is 0 Å². The molecular formula is C23H25N3O3. The van der Waals surface area contributed by atoms with Crippen molar-refractivity contribution in [1.82, 2.24) is 4.98 Å². The highest BCUT2D eigenvalue weighted by Gasteiger charge is 2.08. The number of aryl methyl sites for hydroxylation is 1. The molecule has 3 aromatic rings. The zero-order chi connectivity index (χ0) is 20.6. The number of aromatic nitrogens is 1. The molecule has 6 nitrogen and oxygen atoms in total. The number of benzene rings is 2. The van der Waals surface area contributed by atoms with Gasteiger partial charge in [-0.05, 0) is 55.3 Å². The number of anilines is 2. The molecule has 6 heteroatoms. The van der Waals surface area contributed by atoms with Crippen molar-refractivity contribution in [3.8, 4) is 11.5 Å². The normalized spacial score (nSPS) is 10.3. The largest absolute Gasteiger partial charge is 0.493 e. The summed E-state index contributed by atoms with van der Waals surface area (Å²) in [5.41, 5.74) is 3.57. The van der Waals surface area contributed by atoms with Crippen molar-refractivity contribution < 1.29 is 14.3 Å². The molecule has 2 N–H and O–H groups in total. The first-order chi connectivity index (χ1) is 14.1. The molecule has 1 aromatic heterocycles. The Morgan fingerprint density at radius 2 is 1.72 bits per heavy atom. The van der Waals surface area contributed by atoms with E-state index < -0.39 is 0 Å². The summed E-state index contributed by atoms with van der Waals surface area (Å²) in [6, 6.07) is 17.0. The topological polar surface area (TPSA) is 72.5 Å². The van der Waals surface area contributed by atoms with Crippen molar-refractivity contribution in [3.63, 3.8) is 0 Å². The van der Waals surface area contributed by atoms with Crippen LogP contribution in [0.15, 0.2) is 60.8 Å². The first-order valence-electron chi connectivity index (χ1n) is 9.38. The fourth-order valence-corrected chi connectivity index (χ4v) is 2.88. The molecule has 0 fully saturated rings. The second kappa shape index (κ2) is 9.59. The molecule has 2 aromatic carbocycles. The van der Waals surface area contributed by atoms with E-state index in [1.54, 1.807) is 32.5 Å². The minimum atomic E-state index is -0.167. The van der Waals surface area contributed by atoms with Crippen molar-refractivity contribution in [2.45, 2.75) is 13.3 Å². The van der Waals surface area contributed by atoms with Gasteiger partial charge in [-0.1, -0.05) is 23.8 Å². The van der Waals surface area contributed by atoms with E-state index in [1.807, 2.05) is 49.4 Å². The van der Waals surface area contributed by atoms with Gasteiger partial charge in [-0.3, -0.25) is 4.79 Å². The van der Waals surface area contributed by atoms with Crippen LogP contribution in [0.4, 0.5) is 11.5 Å². The lowest BCUT2D eigenvalue weighted by atomic mass is 10.1. The van der Waals surface area contributed by atoms with Gasteiger partial charge in [0.2, 0.25) is 0 Å². The molecule has 0 atom stereocenters. The van der Waals surface area contributed by atoms with Crippen molar-refractivity contribution >= 4 is 17.4 Å². The molecule has 0 spiro atoms. The van der Waals surface area contributed by atoms with E-state index in [1.165, 1.54) is 0 Å². The van der Waals surface area contributed by atoms with Gasteiger partial charge >= 0.3 is 0 Å². The van der Waals surface area contributed by atoms with Crippen LogP contribution in [0.1, 0.15) is 21.5 Å². The van der Waals surface area contributed by atoms with Crippen molar-refractivity contribution in [3.05, 3.63) is 77.5 Å². The molecule has 1 amide bonds. The molecule has 0 aliphatic heterocycles. The summed E-state index contributed by atoms with van der Waals surface area (Å²) in [7, 11) is 3.24. The lowest BCUT2D eigenvalue weighted by Gasteiger charge is -2.11. The van der Waals surface area contributed by atoms with Crippen LogP contribution in [-0.2, 0) is 6.42 Å². The van der Waals surface area contributed by atoms with Gasteiger partial charge < -0.3 is 20.1 Å². The molecule has 1 heterocycles. The third kappa shape index (κ3) is 5.48. The average molecular weight is 391 g/mol. The number of hydrogen-bond donors (Lipinski definition) is 2. The van der Waals surface area contributed by atoms with Gasteiger partial charge in [-0.15, -0.1) is 0 Å². The molecular weight excluding hydrogens is 366 g/mol. The maximum atomic E-state index is 12.5. The number of pyridine rings is 1. The summed E-state index contributed by atoms with van der Waals surface area (Å²) in [5, 5.41) is 6.16. The van der Waals surface area contributed by atoms with Crippen LogP contribution in [0.3, 0.4) is 0 Å². The van der Waals surface area contributed by atoms with Crippen LogP contribution < -0.4 is 20.1 Å². The summed E-state index contributed by atoms with van der Waals surface area (Å²) in [4.78, 5) is 16.8. The molecule has 0 radical (unpaired) electrons. The number of nitrogens with one attached hydrogen (secondary N) is 2. The van der Waals surface area contributed by atoms with Crippen LogP contribution >= 0.6 is 0 Å². The SMILES string of the molecule is COc1ccc(CCNc2cc(C(=O)Nc3ccc(C)cc3)ccn2)cc1OC. The fraction of sp³-hybridized carbons (Fsp3) is 0.217. The van der Waals surface area contributed by atoms with Crippen LogP contribution in [-0.4, -0.2) is 31.7 Å². The summed E-state index contributed by atoms with van der Waals surface area (Å²) in [5.74, 6) is 1.90. The maximum absolute atomic E-state index is 12.5. The Kier molecular flexibility index (Phi) is 6.68. The minimum absolute atomic E-state index is 0.167. The van der Waals surface area contributed by atoms with Gasteiger partial charge in [0, 0.05) is 24.0 Å². The van der Waals surface area contributed by atoms with Gasteiger partial charge in [0.1, 0.15) is 5.82 Å². The fourth-order valence-electron chi connectivity index (χ4n) is 2.88. The van der Waals surface area contributed by atoms with E-state index in [4.69, 9.17) is 9.47 Å². The quantitative estimate of drug-likeness (QED) is 0.598. The van der Waals surface area contributed by atoms with Gasteiger partial charge in [0.15, 0.2) is 11.5 Å². The summed E-state index contributed by atoms with van der Waals surface area (Å²) in [6.45, 7) is 2.68. The van der Waals surface area contributed by atoms with Crippen molar-refractivity contribution in [1.29, 1.82) is 0 Å². The van der Waals surface area contributed by atoms with E-state index in [0.717, 1.165) is 23.2 Å². The van der Waals surface area contributed by atoms with E-state index >= 15 is 0 Å². The predicted octanol–water partition coefficient (Wildman–Crippen LogP) is 4.31. The number of carbonyl (C=O) groups excluding carboxylic acids is 1. The maximum Gasteiger partial charge on any atom is 0.255 e. The zero-order valence-corrected chi connectivity index (χ0v) is 16.9. The van der Waals surface area contributed by atoms with Gasteiger partial charge in [-0.2, -0.15) is 0 Å². The predicted molar refractivity (Wildman–Crippen MR) is 115 cm³/mol. The Balaban J connectivity index is 1.58. The number of carbonyl (C=O) groups is 1. The molecule has 0 unspecified atom stereocenters. The van der Waals surface area contributed by atoms with Gasteiger partial charge in [0.25, 0.3) is 5.91 Å². The van der Waals surface area contributed by atoms with Gasteiger partial charge in [0.05, 0.1) is 14.2 Å². The average Bonchev–Trinajstić information content (AvgIpc) is 2.75. The third-order valence-corrected chi connectivity index (χ3v) is 4.50. The lowest BCUT2D eigenvalue weighted by Crippen LogP contribution is -2.13. The van der Waals surface area contributed by atoms with E-state index in [0.29, 0.717) is 29.4 Å². The number of nitrogens with zero attached hydrogens (tertiary/aromatic N) is 1. The first-order valence-corrected chi connectivity index (χ1v) is 9.38. The molecule has 0 aliphatic carbocycles. The highest BCUT2D eigenvalue weighted by molar-refractivity contribution is 6.04. The molecule has 0 saturated carbocycles. The standard InChI is InChI=1S/C23H25N3O3/c1-16-4-7-19(8-5-16)26-23(27)18-11-13-25-22(15-18)24-12-10-17-6-9-20(28-2)21(14-17)29-3/h4-9,11,13-15H,10,12H2,1-3H3,(H,24,25)(H,26,27). The van der Waals surface area contributed by atoms with Crippen molar-refractivity contribution in [2.24, 2.45) is 0 Å². The zero-order valence-electron chi connectivity index (χ0n) is 16.9. The number of hydrogen-bond acceptors (Lipinski definition) is 5. The number of ether oxygens (including phenoxy) is 2. The Morgan fingerprint density at radius 3 is 2.45 bits per heavy atom. The molecule has 3 rings (SSSR count). The molecule has 150 valence electrons. The minimum Gasteiger partial charge on any atom is -0.493 e. The van der Waals surface area contributed by atoms with Gasteiger partial charge in [-0.25, -0.2) is 4.98 Å². The molecule has 0 saturated heterocycles. The molecule has 0 aliphatic rings. The smallest absolute Gasteiger partial charge is 0.255 e. The van der Waals surface area contributed by atoms with Crippen LogP contribution in [0, 0.1) is 6.92 Å². The van der Waals surface area contributed by atoms with Crippen LogP contribution in [0.5, 0.6) is 11.5 Å². The van der Waals surface area contributed by atoms with Crippen LogP contribution in [0.25, 0.3) is 0 Å². The second-order valence-electron chi connectivity index (χ2n) is 6.62. The van der Waals surface area contributed by atoms with Crippen molar-refractivity contribution in [2.75, 3.05) is 31.4 Å². The van der Waals surface area contributed by atoms with E-state index in [-0.39, 0.29) is 5.91 Å². The Morgan fingerprint density at radius 1 is 0.966 bits per heavy atom. The Hall–Kier alpha value is -3.54. The highest BCUT2D eigenvalue weighted by atomic mass is 16.5. The monoisotopic (exact) mass is 391 g/mol. The summed E-state index contributed by atoms with van der Waals surface area (Å²) in [6.07, 6.45) is 2.41. The third-order valence-electron chi connectivity index (χ3n) is 4.50. The van der Waals surface area contributed by atoms with E-state index in [2.05, 4.69) is 15.6 Å². The second-order valence-corrected chi connectivity index (χ2v) is 6.62. The number of amides is 1. The highest BCUT2D eigenvalue weighted by Crippen LogP contribution is 2.27. The number of methoxy groups -OCH3 is 2. The number of rotatable bonds is 8. The first kappa shape index (κ1) is 20.2. The Labute approximate surface area is 170 Å². The lowest BCUT2D eigenvalue weighted by molar-refractivity contribution is 0.102.